The summed E-state index contributed by atoms with van der Waals surface area (Å²) in [6, 6.07) is 0.207. The molecule has 90 valence electrons. The van der Waals surface area contributed by atoms with Crippen molar-refractivity contribution in [3.63, 3.8) is 0 Å². The minimum atomic E-state index is 0.207. The summed E-state index contributed by atoms with van der Waals surface area (Å²) in [5.41, 5.74) is 11.0. The molecule has 1 rings (SSSR count). The number of rotatable bonds is 5. The van der Waals surface area contributed by atoms with Crippen molar-refractivity contribution in [2.45, 2.75) is 46.1 Å². The third kappa shape index (κ3) is 3.20. The third-order valence-corrected chi connectivity index (χ3v) is 3.07. The molecule has 16 heavy (non-hydrogen) atoms. The monoisotopic (exact) mass is 221 g/mol. The van der Waals surface area contributed by atoms with Gasteiger partial charge in [0.05, 0.1) is 5.69 Å². The first-order valence-electron chi connectivity index (χ1n) is 5.80. The van der Waals surface area contributed by atoms with Gasteiger partial charge in [-0.05, 0) is 45.6 Å². The van der Waals surface area contributed by atoms with E-state index in [9.17, 15) is 0 Å². The molecule has 1 heterocycles. The van der Waals surface area contributed by atoms with Crippen LogP contribution in [0.3, 0.4) is 0 Å². The summed E-state index contributed by atoms with van der Waals surface area (Å²) < 4.78 is 1.93. The van der Waals surface area contributed by atoms with E-state index in [2.05, 4.69) is 18.6 Å². The molecule has 0 amide bonds. The summed E-state index contributed by atoms with van der Waals surface area (Å²) in [6.07, 6.45) is 2.93. The van der Waals surface area contributed by atoms with Crippen molar-refractivity contribution in [1.82, 2.24) is 9.78 Å². The van der Waals surface area contributed by atoms with Crippen LogP contribution in [0.15, 0.2) is 12.2 Å². The minimum Gasteiger partial charge on any atom is -0.327 e. The van der Waals surface area contributed by atoms with E-state index >= 15 is 0 Å². The van der Waals surface area contributed by atoms with Crippen molar-refractivity contribution in [3.05, 3.63) is 29.1 Å². The molecule has 0 radical (unpaired) electrons. The average Bonchev–Trinajstić information content (AvgIpc) is 2.42. The molecule has 1 atom stereocenters. The van der Waals surface area contributed by atoms with Crippen LogP contribution in [-0.4, -0.2) is 15.8 Å². The smallest absolute Gasteiger partial charge is 0.0628 e. The first-order valence-corrected chi connectivity index (χ1v) is 5.80. The Hall–Kier alpha value is -1.09. The van der Waals surface area contributed by atoms with Gasteiger partial charge in [-0.2, -0.15) is 5.10 Å². The molecule has 0 saturated heterocycles. The van der Waals surface area contributed by atoms with Crippen molar-refractivity contribution >= 4 is 0 Å². The van der Waals surface area contributed by atoms with Crippen molar-refractivity contribution < 1.29 is 0 Å². The highest BCUT2D eigenvalue weighted by Gasteiger charge is 2.12. The first-order chi connectivity index (χ1) is 7.41. The number of allylic oxidation sites excluding steroid dienone is 1. The molecule has 0 fully saturated rings. The van der Waals surface area contributed by atoms with Crippen LogP contribution in [0.5, 0.6) is 0 Å². The van der Waals surface area contributed by atoms with Gasteiger partial charge in [-0.3, -0.25) is 4.68 Å². The molecular formula is C13H23N3. The highest BCUT2D eigenvalue weighted by atomic mass is 15.3. The predicted molar refractivity (Wildman–Crippen MR) is 68.4 cm³/mol. The van der Waals surface area contributed by atoms with Gasteiger partial charge in [-0.1, -0.05) is 5.57 Å². The van der Waals surface area contributed by atoms with Crippen LogP contribution in [0.25, 0.3) is 0 Å². The molecular weight excluding hydrogens is 198 g/mol. The van der Waals surface area contributed by atoms with Gasteiger partial charge in [0.15, 0.2) is 0 Å². The largest absolute Gasteiger partial charge is 0.327 e. The van der Waals surface area contributed by atoms with E-state index in [0.29, 0.717) is 0 Å². The van der Waals surface area contributed by atoms with E-state index in [1.807, 2.05) is 25.6 Å². The topological polar surface area (TPSA) is 43.8 Å². The Balaban J connectivity index is 2.62. The quantitative estimate of drug-likeness (QED) is 0.775. The first kappa shape index (κ1) is 13.0. The van der Waals surface area contributed by atoms with Crippen molar-refractivity contribution in [1.29, 1.82) is 0 Å². The molecule has 1 aromatic heterocycles. The lowest BCUT2D eigenvalue weighted by Gasteiger charge is -2.11. The van der Waals surface area contributed by atoms with E-state index in [-0.39, 0.29) is 6.04 Å². The highest BCUT2D eigenvalue weighted by molar-refractivity contribution is 5.25. The van der Waals surface area contributed by atoms with E-state index in [1.165, 1.54) is 16.8 Å². The van der Waals surface area contributed by atoms with E-state index in [4.69, 9.17) is 5.73 Å². The summed E-state index contributed by atoms with van der Waals surface area (Å²) in [4.78, 5) is 0. The van der Waals surface area contributed by atoms with Crippen LogP contribution in [0.4, 0.5) is 0 Å². The van der Waals surface area contributed by atoms with Gasteiger partial charge in [0, 0.05) is 18.8 Å². The fourth-order valence-electron chi connectivity index (χ4n) is 1.91. The molecule has 0 spiro atoms. The molecule has 1 aromatic rings. The molecule has 0 bridgehead atoms. The predicted octanol–water partition coefficient (Wildman–Crippen LogP) is 2.26. The van der Waals surface area contributed by atoms with Gasteiger partial charge in [-0.15, -0.1) is 6.58 Å². The van der Waals surface area contributed by atoms with Crippen molar-refractivity contribution in [2.75, 3.05) is 0 Å². The summed E-state index contributed by atoms with van der Waals surface area (Å²) in [6.45, 7) is 10.1. The number of nitrogens with two attached hydrogens (primary N) is 1. The molecule has 0 aromatic carbocycles. The Bertz CT molecular complexity index is 377. The third-order valence-electron chi connectivity index (χ3n) is 3.07. The lowest BCUT2D eigenvalue weighted by atomic mass is 9.99. The molecule has 1 unspecified atom stereocenters. The van der Waals surface area contributed by atoms with Crippen LogP contribution in [0.1, 0.15) is 36.7 Å². The zero-order chi connectivity index (χ0) is 12.3. The second kappa shape index (κ2) is 5.30. The Kier molecular flexibility index (Phi) is 4.30. The van der Waals surface area contributed by atoms with Crippen molar-refractivity contribution in [2.24, 2.45) is 12.8 Å². The molecule has 0 aliphatic rings. The number of hydrogen-bond acceptors (Lipinski definition) is 2. The zero-order valence-electron chi connectivity index (χ0n) is 10.9. The van der Waals surface area contributed by atoms with Crippen LogP contribution in [0.2, 0.25) is 0 Å². The standard InChI is InChI=1S/C13H23N3/c1-9(2)6-7-12(14)8-13-10(3)15-16(5)11(13)4/h12H,1,6-8,14H2,2-5H3. The zero-order valence-corrected chi connectivity index (χ0v) is 10.9. The van der Waals surface area contributed by atoms with Gasteiger partial charge < -0.3 is 5.73 Å². The van der Waals surface area contributed by atoms with Gasteiger partial charge in [-0.25, -0.2) is 0 Å². The second-order valence-electron chi connectivity index (χ2n) is 4.73. The molecule has 0 saturated carbocycles. The van der Waals surface area contributed by atoms with Crippen LogP contribution < -0.4 is 5.73 Å². The molecule has 3 heteroatoms. The fourth-order valence-corrected chi connectivity index (χ4v) is 1.91. The SMILES string of the molecule is C=C(C)CCC(N)Cc1c(C)nn(C)c1C. The van der Waals surface area contributed by atoms with Crippen LogP contribution >= 0.6 is 0 Å². The number of aromatic nitrogens is 2. The highest BCUT2D eigenvalue weighted by Crippen LogP contribution is 2.15. The summed E-state index contributed by atoms with van der Waals surface area (Å²) in [5.74, 6) is 0. The Morgan fingerprint density at radius 3 is 2.56 bits per heavy atom. The molecule has 0 aliphatic heterocycles. The number of nitrogens with zero attached hydrogens (tertiary/aromatic N) is 2. The van der Waals surface area contributed by atoms with E-state index in [0.717, 1.165) is 25.0 Å². The number of hydrogen-bond donors (Lipinski definition) is 1. The molecule has 2 N–H and O–H groups in total. The van der Waals surface area contributed by atoms with Gasteiger partial charge in [0.1, 0.15) is 0 Å². The summed E-state index contributed by atoms with van der Waals surface area (Å²) in [7, 11) is 1.98. The molecule has 3 nitrogen and oxygen atoms in total. The van der Waals surface area contributed by atoms with Crippen LogP contribution in [0, 0.1) is 13.8 Å². The second-order valence-corrected chi connectivity index (χ2v) is 4.73. The van der Waals surface area contributed by atoms with Gasteiger partial charge in [0.2, 0.25) is 0 Å². The van der Waals surface area contributed by atoms with Gasteiger partial charge in [0.25, 0.3) is 0 Å². The minimum absolute atomic E-state index is 0.207. The van der Waals surface area contributed by atoms with E-state index in [1.54, 1.807) is 0 Å². The lowest BCUT2D eigenvalue weighted by Crippen LogP contribution is -2.23. The van der Waals surface area contributed by atoms with E-state index < -0.39 is 0 Å². The van der Waals surface area contributed by atoms with Crippen LogP contribution in [-0.2, 0) is 13.5 Å². The normalized spacial score (nSPS) is 12.8. The maximum Gasteiger partial charge on any atom is 0.0628 e. The average molecular weight is 221 g/mol. The Labute approximate surface area is 98.3 Å². The molecule has 0 aliphatic carbocycles. The Morgan fingerprint density at radius 2 is 2.12 bits per heavy atom. The van der Waals surface area contributed by atoms with Crippen molar-refractivity contribution in [3.8, 4) is 0 Å². The summed E-state index contributed by atoms with van der Waals surface area (Å²) >= 11 is 0. The summed E-state index contributed by atoms with van der Waals surface area (Å²) in [5, 5.41) is 4.40. The van der Waals surface area contributed by atoms with Gasteiger partial charge >= 0.3 is 0 Å². The fraction of sp³-hybridized carbons (Fsp3) is 0.615. The maximum atomic E-state index is 6.12. The Morgan fingerprint density at radius 1 is 1.50 bits per heavy atom. The maximum absolute atomic E-state index is 6.12. The lowest BCUT2D eigenvalue weighted by molar-refractivity contribution is 0.605. The number of aryl methyl sites for hydroxylation is 2.